The fourth-order valence-electron chi connectivity index (χ4n) is 7.56. The smallest absolute Gasteiger partial charge is 0.159 e. The van der Waals surface area contributed by atoms with Gasteiger partial charge in [-0.05, 0) is 52.6 Å². The van der Waals surface area contributed by atoms with E-state index in [1.165, 1.54) is 44.1 Å². The van der Waals surface area contributed by atoms with Crippen LogP contribution >= 0.6 is 0 Å². The Labute approximate surface area is 279 Å². The molecule has 1 unspecified atom stereocenters. The summed E-state index contributed by atoms with van der Waals surface area (Å²) in [7, 11) is 0. The highest BCUT2D eigenvalue weighted by Crippen LogP contribution is 2.52. The Balaban J connectivity index is 1.25. The van der Waals surface area contributed by atoms with Crippen molar-refractivity contribution in [3.63, 3.8) is 0 Å². The Morgan fingerprint density at radius 3 is 2.35 bits per heavy atom. The molecular formula is C43H31N5. The predicted molar refractivity (Wildman–Crippen MR) is 195 cm³/mol. The van der Waals surface area contributed by atoms with Crippen molar-refractivity contribution in [2.45, 2.75) is 25.4 Å². The van der Waals surface area contributed by atoms with Crippen molar-refractivity contribution >= 4 is 33.5 Å². The second-order valence-corrected chi connectivity index (χ2v) is 13.0. The van der Waals surface area contributed by atoms with Crippen molar-refractivity contribution in [1.29, 1.82) is 5.26 Å². The van der Waals surface area contributed by atoms with Crippen molar-refractivity contribution in [3.8, 4) is 22.9 Å². The molecule has 1 N–H and O–H groups in total. The third kappa shape index (κ3) is 4.23. The van der Waals surface area contributed by atoms with E-state index >= 15 is 0 Å². The number of para-hydroxylation sites is 1. The van der Waals surface area contributed by atoms with E-state index in [2.05, 4.69) is 115 Å². The van der Waals surface area contributed by atoms with Gasteiger partial charge in [0.2, 0.25) is 0 Å². The van der Waals surface area contributed by atoms with Crippen molar-refractivity contribution in [3.05, 3.63) is 173 Å². The van der Waals surface area contributed by atoms with Gasteiger partial charge in [-0.25, -0.2) is 9.98 Å². The molecule has 228 valence electrons. The van der Waals surface area contributed by atoms with Crippen LogP contribution in [0.4, 0.5) is 0 Å². The van der Waals surface area contributed by atoms with Gasteiger partial charge in [0.1, 0.15) is 12.0 Å². The van der Waals surface area contributed by atoms with Gasteiger partial charge in [0.15, 0.2) is 5.84 Å². The summed E-state index contributed by atoms with van der Waals surface area (Å²) in [4.78, 5) is 10.1. The van der Waals surface area contributed by atoms with Crippen LogP contribution in [0.3, 0.4) is 0 Å². The molecule has 0 saturated carbocycles. The Morgan fingerprint density at radius 1 is 0.708 bits per heavy atom. The molecule has 5 heteroatoms. The first-order valence-electron chi connectivity index (χ1n) is 16.3. The molecule has 6 aromatic carbocycles. The number of hydrogen-bond acceptors (Lipinski definition) is 4. The highest BCUT2D eigenvalue weighted by Gasteiger charge is 2.37. The topological polar surface area (TPSA) is 65.5 Å². The summed E-state index contributed by atoms with van der Waals surface area (Å²) in [5.74, 6) is 1.33. The first-order valence-corrected chi connectivity index (χ1v) is 16.3. The molecular weight excluding hydrogens is 587 g/mol. The Hall–Kier alpha value is -6.25. The maximum atomic E-state index is 9.59. The van der Waals surface area contributed by atoms with Crippen LogP contribution in [0.5, 0.6) is 0 Å². The van der Waals surface area contributed by atoms with Crippen LogP contribution in [0.25, 0.3) is 38.6 Å². The molecule has 0 fully saturated rings. The summed E-state index contributed by atoms with van der Waals surface area (Å²) in [5.41, 5.74) is 12.1. The highest BCUT2D eigenvalue weighted by molar-refractivity contribution is 6.16. The third-order valence-corrected chi connectivity index (χ3v) is 9.86. The highest BCUT2D eigenvalue weighted by atomic mass is 15.2. The number of benzene rings is 6. The molecule has 1 atom stereocenters. The number of hydrogen-bond donors (Lipinski definition) is 1. The fraction of sp³-hybridized carbons (Fsp3) is 0.0930. The van der Waals surface area contributed by atoms with Gasteiger partial charge in [-0.3, -0.25) is 0 Å². The maximum absolute atomic E-state index is 9.59. The van der Waals surface area contributed by atoms with Crippen molar-refractivity contribution in [2.75, 3.05) is 0 Å². The van der Waals surface area contributed by atoms with E-state index in [0.29, 0.717) is 11.4 Å². The second kappa shape index (κ2) is 10.7. The van der Waals surface area contributed by atoms with Crippen LogP contribution in [0.15, 0.2) is 150 Å². The van der Waals surface area contributed by atoms with Crippen LogP contribution in [0.2, 0.25) is 0 Å². The lowest BCUT2D eigenvalue weighted by Gasteiger charge is -2.24. The number of nitriles is 1. The number of fused-ring (bicyclic) bond motifs is 7. The monoisotopic (exact) mass is 617 g/mol. The molecule has 48 heavy (non-hydrogen) atoms. The van der Waals surface area contributed by atoms with Gasteiger partial charge in [0.05, 0.1) is 22.7 Å². The predicted octanol–water partition coefficient (Wildman–Crippen LogP) is 9.46. The number of aromatic nitrogens is 1. The maximum Gasteiger partial charge on any atom is 0.159 e. The summed E-state index contributed by atoms with van der Waals surface area (Å²) in [6, 6.07) is 50.7. The summed E-state index contributed by atoms with van der Waals surface area (Å²) >= 11 is 0. The summed E-state index contributed by atoms with van der Waals surface area (Å²) < 4.78 is 2.43. The molecule has 0 radical (unpaired) electrons. The SMILES string of the molecule is CC1(C)c2ccccc2-c2c1ccc1c3ccccc3n(-c3cccc(C4N=C(c5cccc(C#N)c5)N=C(c5ccccc5)N4)c3)c21. The first-order chi connectivity index (χ1) is 23.5. The normalized spacial score (nSPS) is 16.1. The molecule has 5 nitrogen and oxygen atoms in total. The average molecular weight is 618 g/mol. The first kappa shape index (κ1) is 28.0. The van der Waals surface area contributed by atoms with E-state index in [4.69, 9.17) is 9.98 Å². The minimum Gasteiger partial charge on any atom is -0.344 e. The molecule has 2 aliphatic rings. The van der Waals surface area contributed by atoms with Crippen molar-refractivity contribution in [2.24, 2.45) is 9.98 Å². The van der Waals surface area contributed by atoms with Crippen LogP contribution < -0.4 is 5.32 Å². The van der Waals surface area contributed by atoms with Gasteiger partial charge < -0.3 is 9.88 Å². The second-order valence-electron chi connectivity index (χ2n) is 13.0. The molecule has 2 heterocycles. The molecule has 7 aromatic rings. The summed E-state index contributed by atoms with van der Waals surface area (Å²) in [6.45, 7) is 4.67. The quantitative estimate of drug-likeness (QED) is 0.214. The molecule has 0 spiro atoms. The minimum absolute atomic E-state index is 0.101. The van der Waals surface area contributed by atoms with Crippen LogP contribution in [-0.2, 0) is 5.41 Å². The van der Waals surface area contributed by atoms with Crippen LogP contribution in [0, 0.1) is 11.3 Å². The lowest BCUT2D eigenvalue weighted by atomic mass is 9.82. The molecule has 1 aromatic heterocycles. The third-order valence-electron chi connectivity index (χ3n) is 9.86. The van der Waals surface area contributed by atoms with E-state index in [1.807, 2.05) is 48.5 Å². The number of nitrogens with zero attached hydrogens (tertiary/aromatic N) is 4. The van der Waals surface area contributed by atoms with Crippen molar-refractivity contribution < 1.29 is 0 Å². The number of aliphatic imine (C=N–C) groups is 2. The van der Waals surface area contributed by atoms with E-state index in [9.17, 15) is 5.26 Å². The van der Waals surface area contributed by atoms with E-state index in [0.717, 1.165) is 28.2 Å². The van der Waals surface area contributed by atoms with Gasteiger partial charge in [0.25, 0.3) is 0 Å². The Bertz CT molecular complexity index is 2530. The van der Waals surface area contributed by atoms with E-state index in [-0.39, 0.29) is 5.41 Å². The van der Waals surface area contributed by atoms with Crippen LogP contribution in [0.1, 0.15) is 53.4 Å². The number of nitrogens with one attached hydrogen (secondary N) is 1. The zero-order chi connectivity index (χ0) is 32.4. The number of rotatable bonds is 4. The van der Waals surface area contributed by atoms with Gasteiger partial charge in [-0.15, -0.1) is 0 Å². The zero-order valence-electron chi connectivity index (χ0n) is 26.6. The van der Waals surface area contributed by atoms with Gasteiger partial charge in [-0.2, -0.15) is 5.26 Å². The zero-order valence-corrected chi connectivity index (χ0v) is 26.6. The minimum atomic E-state index is -0.392. The number of amidine groups is 2. The average Bonchev–Trinajstić information content (AvgIpc) is 3.60. The van der Waals surface area contributed by atoms with Gasteiger partial charge >= 0.3 is 0 Å². The molecule has 1 aliphatic heterocycles. The standard InChI is InChI=1S/C43H31N5/c1-43(2)35-20-8-6-19-34(35)38-36(43)23-22-33-32-18-7-9-21-37(32)48(39(33)38)31-17-11-16-30(25-31)42-46-40(28-13-4-3-5-14-28)45-41(47-42)29-15-10-12-27(24-29)26-44/h3-25,42H,1-2H3,(H,45,46,47). The van der Waals surface area contributed by atoms with Gasteiger partial charge in [-0.1, -0.05) is 123 Å². The largest absolute Gasteiger partial charge is 0.344 e. The summed E-state index contributed by atoms with van der Waals surface area (Å²) in [6.07, 6.45) is -0.392. The molecule has 0 saturated heterocycles. The molecule has 1 aliphatic carbocycles. The molecule has 0 amide bonds. The Morgan fingerprint density at radius 2 is 1.48 bits per heavy atom. The fourth-order valence-corrected chi connectivity index (χ4v) is 7.56. The van der Waals surface area contributed by atoms with Gasteiger partial charge in [0, 0.05) is 38.6 Å². The molecule has 9 rings (SSSR count). The van der Waals surface area contributed by atoms with E-state index < -0.39 is 6.17 Å². The lowest BCUT2D eigenvalue weighted by molar-refractivity contribution is 0.661. The summed E-state index contributed by atoms with van der Waals surface area (Å²) in [5, 5.41) is 15.7. The van der Waals surface area contributed by atoms with Crippen molar-refractivity contribution in [1.82, 2.24) is 9.88 Å². The van der Waals surface area contributed by atoms with Crippen LogP contribution in [-0.4, -0.2) is 16.2 Å². The molecule has 0 bridgehead atoms. The lowest BCUT2D eigenvalue weighted by Crippen LogP contribution is -2.33. The Kier molecular flexibility index (Phi) is 6.22. The van der Waals surface area contributed by atoms with E-state index in [1.54, 1.807) is 6.07 Å².